The van der Waals surface area contributed by atoms with Crippen LogP contribution in [0.25, 0.3) is 0 Å². The van der Waals surface area contributed by atoms with Crippen molar-refractivity contribution in [2.45, 2.75) is 25.8 Å². The van der Waals surface area contributed by atoms with Crippen LogP contribution in [0.2, 0.25) is 0 Å². The van der Waals surface area contributed by atoms with E-state index in [1.807, 2.05) is 0 Å². The van der Waals surface area contributed by atoms with Crippen molar-refractivity contribution >= 4 is 22.6 Å². The molecule has 1 nitrogen and oxygen atoms in total. The first-order valence-electron chi connectivity index (χ1n) is 6.82. The van der Waals surface area contributed by atoms with Crippen molar-refractivity contribution in [1.29, 1.82) is 0 Å². The van der Waals surface area contributed by atoms with Gasteiger partial charge in [0.1, 0.15) is 0 Å². The van der Waals surface area contributed by atoms with E-state index in [1.54, 1.807) is 0 Å². The van der Waals surface area contributed by atoms with Gasteiger partial charge in [-0.05, 0) is 65.2 Å². The Bertz CT molecular complexity index is 478. The van der Waals surface area contributed by atoms with Crippen molar-refractivity contribution in [3.63, 3.8) is 0 Å². The van der Waals surface area contributed by atoms with E-state index in [9.17, 15) is 0 Å². The third-order valence-corrected chi connectivity index (χ3v) is 4.01. The molecule has 0 heterocycles. The Morgan fingerprint density at radius 3 is 2.32 bits per heavy atom. The van der Waals surface area contributed by atoms with Crippen LogP contribution in [-0.4, -0.2) is 6.54 Å². The van der Waals surface area contributed by atoms with Gasteiger partial charge in [0.25, 0.3) is 0 Å². The fourth-order valence-electron chi connectivity index (χ4n) is 2.28. The summed E-state index contributed by atoms with van der Waals surface area (Å²) in [6.45, 7) is 3.17. The van der Waals surface area contributed by atoms with Crippen molar-refractivity contribution in [2.75, 3.05) is 6.54 Å². The highest BCUT2D eigenvalue weighted by Gasteiger charge is 2.09. The summed E-state index contributed by atoms with van der Waals surface area (Å²) in [7, 11) is 0. The standard InChI is InChI=1S/C17H20IN/c1-2-19-17(15-6-4-3-5-7-15)13-10-14-8-11-16(18)12-9-14/h3-9,11-12,17,19H,2,10,13H2,1H3. The lowest BCUT2D eigenvalue weighted by Crippen LogP contribution is -2.21. The normalized spacial score (nSPS) is 12.3. The highest BCUT2D eigenvalue weighted by molar-refractivity contribution is 14.1. The summed E-state index contributed by atoms with van der Waals surface area (Å²) in [5.41, 5.74) is 2.80. The van der Waals surface area contributed by atoms with Gasteiger partial charge in [0.2, 0.25) is 0 Å². The molecule has 0 aromatic heterocycles. The van der Waals surface area contributed by atoms with E-state index in [0.29, 0.717) is 6.04 Å². The molecule has 2 aromatic carbocycles. The second-order valence-electron chi connectivity index (χ2n) is 4.69. The summed E-state index contributed by atoms with van der Waals surface area (Å²) >= 11 is 2.35. The van der Waals surface area contributed by atoms with Gasteiger partial charge in [-0.15, -0.1) is 0 Å². The molecule has 0 aliphatic rings. The van der Waals surface area contributed by atoms with Gasteiger partial charge in [-0.25, -0.2) is 0 Å². The molecule has 1 unspecified atom stereocenters. The summed E-state index contributed by atoms with van der Waals surface area (Å²) in [4.78, 5) is 0. The molecule has 2 rings (SSSR count). The van der Waals surface area contributed by atoms with E-state index in [1.165, 1.54) is 14.7 Å². The first-order valence-corrected chi connectivity index (χ1v) is 7.90. The largest absolute Gasteiger partial charge is 0.310 e. The summed E-state index contributed by atoms with van der Waals surface area (Å²) in [6.07, 6.45) is 2.25. The molecule has 0 aliphatic heterocycles. The van der Waals surface area contributed by atoms with E-state index < -0.39 is 0 Å². The molecule has 1 atom stereocenters. The number of rotatable bonds is 6. The maximum atomic E-state index is 3.58. The summed E-state index contributed by atoms with van der Waals surface area (Å²) in [6, 6.07) is 20.0. The van der Waals surface area contributed by atoms with Gasteiger partial charge in [0.05, 0.1) is 0 Å². The Kier molecular flexibility index (Phi) is 5.86. The molecule has 1 N–H and O–H groups in total. The second kappa shape index (κ2) is 7.65. The molecule has 0 fully saturated rings. The molecule has 19 heavy (non-hydrogen) atoms. The number of benzene rings is 2. The molecular formula is C17H20IN. The fraction of sp³-hybridized carbons (Fsp3) is 0.294. The summed E-state index contributed by atoms with van der Waals surface area (Å²) < 4.78 is 1.30. The Balaban J connectivity index is 1.99. The zero-order valence-electron chi connectivity index (χ0n) is 11.3. The van der Waals surface area contributed by atoms with Gasteiger partial charge < -0.3 is 5.32 Å². The SMILES string of the molecule is CCNC(CCc1ccc(I)cc1)c1ccccc1. The smallest absolute Gasteiger partial charge is 0.0323 e. The minimum absolute atomic E-state index is 0.450. The second-order valence-corrected chi connectivity index (χ2v) is 5.93. The van der Waals surface area contributed by atoms with E-state index in [4.69, 9.17) is 0 Å². The number of nitrogens with one attached hydrogen (secondary N) is 1. The predicted molar refractivity (Wildman–Crippen MR) is 90.3 cm³/mol. The quantitative estimate of drug-likeness (QED) is 0.740. The number of hydrogen-bond acceptors (Lipinski definition) is 1. The molecule has 0 spiro atoms. The molecule has 0 saturated heterocycles. The molecule has 0 aliphatic carbocycles. The monoisotopic (exact) mass is 365 g/mol. The lowest BCUT2D eigenvalue weighted by molar-refractivity contribution is 0.515. The van der Waals surface area contributed by atoms with Gasteiger partial charge in [0, 0.05) is 9.61 Å². The third-order valence-electron chi connectivity index (χ3n) is 3.29. The summed E-state index contributed by atoms with van der Waals surface area (Å²) in [5.74, 6) is 0. The van der Waals surface area contributed by atoms with Gasteiger partial charge in [-0.1, -0.05) is 49.4 Å². The highest BCUT2D eigenvalue weighted by atomic mass is 127. The number of aryl methyl sites for hydroxylation is 1. The lowest BCUT2D eigenvalue weighted by atomic mass is 9.99. The molecule has 0 radical (unpaired) electrons. The van der Waals surface area contributed by atoms with Crippen LogP contribution in [0.15, 0.2) is 54.6 Å². The topological polar surface area (TPSA) is 12.0 Å². The average Bonchev–Trinajstić information content (AvgIpc) is 2.46. The van der Waals surface area contributed by atoms with Crippen molar-refractivity contribution in [1.82, 2.24) is 5.32 Å². The van der Waals surface area contributed by atoms with Gasteiger partial charge in [0.15, 0.2) is 0 Å². The van der Waals surface area contributed by atoms with Crippen molar-refractivity contribution in [2.24, 2.45) is 0 Å². The Morgan fingerprint density at radius 1 is 1.00 bits per heavy atom. The van der Waals surface area contributed by atoms with Crippen molar-refractivity contribution < 1.29 is 0 Å². The van der Waals surface area contributed by atoms with Crippen molar-refractivity contribution in [3.8, 4) is 0 Å². The van der Waals surface area contributed by atoms with Crippen LogP contribution in [0.5, 0.6) is 0 Å². The molecule has 0 bridgehead atoms. The van der Waals surface area contributed by atoms with E-state index in [2.05, 4.69) is 89.4 Å². The Morgan fingerprint density at radius 2 is 1.68 bits per heavy atom. The maximum absolute atomic E-state index is 3.58. The van der Waals surface area contributed by atoms with Crippen LogP contribution in [-0.2, 0) is 6.42 Å². The highest BCUT2D eigenvalue weighted by Crippen LogP contribution is 2.19. The van der Waals surface area contributed by atoms with Crippen LogP contribution in [0.4, 0.5) is 0 Å². The first-order chi connectivity index (χ1) is 9.29. The molecule has 100 valence electrons. The third kappa shape index (κ3) is 4.62. The molecule has 0 saturated carbocycles. The molecule has 2 heteroatoms. The summed E-state index contributed by atoms with van der Waals surface area (Å²) in [5, 5.41) is 3.58. The van der Waals surface area contributed by atoms with Crippen LogP contribution >= 0.6 is 22.6 Å². The Labute approximate surface area is 129 Å². The van der Waals surface area contributed by atoms with E-state index >= 15 is 0 Å². The predicted octanol–water partition coefficient (Wildman–Crippen LogP) is 4.57. The lowest BCUT2D eigenvalue weighted by Gasteiger charge is -2.18. The Hall–Kier alpha value is -0.870. The minimum atomic E-state index is 0.450. The molecule has 2 aromatic rings. The van der Waals surface area contributed by atoms with Crippen LogP contribution in [0, 0.1) is 3.57 Å². The van der Waals surface area contributed by atoms with E-state index in [0.717, 1.165) is 19.4 Å². The van der Waals surface area contributed by atoms with Gasteiger partial charge >= 0.3 is 0 Å². The zero-order valence-corrected chi connectivity index (χ0v) is 13.4. The van der Waals surface area contributed by atoms with Crippen LogP contribution < -0.4 is 5.32 Å². The average molecular weight is 365 g/mol. The van der Waals surface area contributed by atoms with Gasteiger partial charge in [-0.2, -0.15) is 0 Å². The fourth-order valence-corrected chi connectivity index (χ4v) is 2.64. The van der Waals surface area contributed by atoms with Crippen LogP contribution in [0.1, 0.15) is 30.5 Å². The van der Waals surface area contributed by atoms with Crippen LogP contribution in [0.3, 0.4) is 0 Å². The molecular weight excluding hydrogens is 345 g/mol. The van der Waals surface area contributed by atoms with Crippen molar-refractivity contribution in [3.05, 3.63) is 69.3 Å². The zero-order chi connectivity index (χ0) is 13.5. The molecule has 0 amide bonds. The maximum Gasteiger partial charge on any atom is 0.0323 e. The number of halogens is 1. The number of hydrogen-bond donors (Lipinski definition) is 1. The van der Waals surface area contributed by atoms with E-state index in [-0.39, 0.29) is 0 Å². The minimum Gasteiger partial charge on any atom is -0.310 e. The first kappa shape index (κ1) is 14.5. The van der Waals surface area contributed by atoms with Gasteiger partial charge in [-0.3, -0.25) is 0 Å².